The van der Waals surface area contributed by atoms with Crippen LogP contribution in [0.25, 0.3) is 0 Å². The molecular weight excluding hydrogens is 210 g/mol. The van der Waals surface area contributed by atoms with Gasteiger partial charge >= 0.3 is 0 Å². The molecule has 2 rings (SSSR count). The van der Waals surface area contributed by atoms with E-state index in [1.165, 1.54) is 25.9 Å². The number of halogens is 1. The summed E-state index contributed by atoms with van der Waals surface area (Å²) in [5.41, 5.74) is 1.01. The second-order valence-corrected chi connectivity index (χ2v) is 4.72. The van der Waals surface area contributed by atoms with Crippen molar-refractivity contribution in [3.8, 4) is 0 Å². The molecule has 0 spiro atoms. The lowest BCUT2D eigenvalue weighted by Crippen LogP contribution is -2.34. The molecule has 1 aromatic rings. The topological polar surface area (TPSA) is 29.0 Å². The van der Waals surface area contributed by atoms with Crippen LogP contribution in [0.15, 0.2) is 12.1 Å². The predicted octanol–water partition coefficient (Wildman–Crippen LogP) is 2.36. The SMILES string of the molecule is CC1CCCN(Cc2ccc(Cl)nn2)C1. The first-order chi connectivity index (χ1) is 7.24. The number of hydrogen-bond acceptors (Lipinski definition) is 3. The molecule has 1 fully saturated rings. The van der Waals surface area contributed by atoms with Crippen molar-refractivity contribution in [2.45, 2.75) is 26.3 Å². The van der Waals surface area contributed by atoms with Gasteiger partial charge in [-0.3, -0.25) is 4.90 Å². The third kappa shape index (κ3) is 3.14. The van der Waals surface area contributed by atoms with Gasteiger partial charge in [0.2, 0.25) is 0 Å². The molecule has 4 heteroatoms. The van der Waals surface area contributed by atoms with Gasteiger partial charge in [0, 0.05) is 13.1 Å². The fraction of sp³-hybridized carbons (Fsp3) is 0.636. The molecule has 0 bridgehead atoms. The highest BCUT2D eigenvalue weighted by Gasteiger charge is 2.16. The zero-order chi connectivity index (χ0) is 10.7. The summed E-state index contributed by atoms with van der Waals surface area (Å²) >= 11 is 5.69. The zero-order valence-electron chi connectivity index (χ0n) is 8.99. The lowest BCUT2D eigenvalue weighted by Gasteiger charge is -2.30. The van der Waals surface area contributed by atoms with Gasteiger partial charge in [0.25, 0.3) is 0 Å². The number of aromatic nitrogens is 2. The number of rotatable bonds is 2. The summed E-state index contributed by atoms with van der Waals surface area (Å²) < 4.78 is 0. The molecule has 0 amide bonds. The van der Waals surface area contributed by atoms with E-state index in [0.29, 0.717) is 5.15 Å². The second-order valence-electron chi connectivity index (χ2n) is 4.33. The van der Waals surface area contributed by atoms with Crippen LogP contribution in [0.3, 0.4) is 0 Å². The molecule has 0 aromatic carbocycles. The van der Waals surface area contributed by atoms with E-state index in [0.717, 1.165) is 18.2 Å². The molecule has 1 unspecified atom stereocenters. The van der Waals surface area contributed by atoms with E-state index in [4.69, 9.17) is 11.6 Å². The van der Waals surface area contributed by atoms with Crippen LogP contribution in [-0.4, -0.2) is 28.2 Å². The molecule has 3 nitrogen and oxygen atoms in total. The van der Waals surface area contributed by atoms with Crippen LogP contribution in [-0.2, 0) is 6.54 Å². The molecule has 0 N–H and O–H groups in total. The van der Waals surface area contributed by atoms with Crippen LogP contribution in [0.5, 0.6) is 0 Å². The monoisotopic (exact) mass is 225 g/mol. The average Bonchev–Trinajstić information content (AvgIpc) is 2.22. The van der Waals surface area contributed by atoms with Crippen LogP contribution < -0.4 is 0 Å². The highest BCUT2D eigenvalue weighted by molar-refractivity contribution is 6.29. The highest BCUT2D eigenvalue weighted by atomic mass is 35.5. The Labute approximate surface area is 95.5 Å². The number of likely N-dealkylation sites (tertiary alicyclic amines) is 1. The van der Waals surface area contributed by atoms with Crippen molar-refractivity contribution >= 4 is 11.6 Å². The summed E-state index contributed by atoms with van der Waals surface area (Å²) in [6.45, 7) is 5.55. The first-order valence-corrected chi connectivity index (χ1v) is 5.82. The molecule has 1 atom stereocenters. The minimum absolute atomic E-state index is 0.464. The van der Waals surface area contributed by atoms with Crippen molar-refractivity contribution in [2.24, 2.45) is 5.92 Å². The van der Waals surface area contributed by atoms with Gasteiger partial charge < -0.3 is 0 Å². The lowest BCUT2D eigenvalue weighted by atomic mass is 10.0. The van der Waals surface area contributed by atoms with E-state index in [1.54, 1.807) is 6.07 Å². The molecule has 0 radical (unpaired) electrons. The molecule has 1 aromatic heterocycles. The molecule has 2 heterocycles. The largest absolute Gasteiger partial charge is 0.297 e. The fourth-order valence-corrected chi connectivity index (χ4v) is 2.19. The number of hydrogen-bond donors (Lipinski definition) is 0. The van der Waals surface area contributed by atoms with Crippen molar-refractivity contribution < 1.29 is 0 Å². The molecule has 15 heavy (non-hydrogen) atoms. The zero-order valence-corrected chi connectivity index (χ0v) is 9.74. The Balaban J connectivity index is 1.93. The van der Waals surface area contributed by atoms with Gasteiger partial charge in [-0.05, 0) is 37.4 Å². The summed E-state index contributed by atoms with van der Waals surface area (Å²) in [5, 5.41) is 8.39. The Morgan fingerprint density at radius 3 is 3.00 bits per heavy atom. The van der Waals surface area contributed by atoms with Crippen LogP contribution in [0.1, 0.15) is 25.5 Å². The third-order valence-electron chi connectivity index (χ3n) is 2.81. The third-order valence-corrected chi connectivity index (χ3v) is 3.02. The maximum atomic E-state index is 5.69. The van der Waals surface area contributed by atoms with Gasteiger partial charge in [-0.2, -0.15) is 5.10 Å². The van der Waals surface area contributed by atoms with Gasteiger partial charge in [-0.15, -0.1) is 5.10 Å². The number of piperidine rings is 1. The van der Waals surface area contributed by atoms with Gasteiger partial charge in [-0.1, -0.05) is 18.5 Å². The van der Waals surface area contributed by atoms with Crippen LogP contribution in [0.2, 0.25) is 5.15 Å². The van der Waals surface area contributed by atoms with Gasteiger partial charge in [0.1, 0.15) is 0 Å². The molecule has 82 valence electrons. The molecule has 1 aliphatic rings. The highest BCUT2D eigenvalue weighted by Crippen LogP contribution is 2.17. The van der Waals surface area contributed by atoms with Crippen molar-refractivity contribution in [1.29, 1.82) is 0 Å². The minimum Gasteiger partial charge on any atom is -0.297 e. The van der Waals surface area contributed by atoms with Gasteiger partial charge in [0.05, 0.1) is 5.69 Å². The van der Waals surface area contributed by atoms with Gasteiger partial charge in [-0.25, -0.2) is 0 Å². The Kier molecular flexibility index (Phi) is 3.54. The van der Waals surface area contributed by atoms with Crippen molar-refractivity contribution in [3.05, 3.63) is 23.0 Å². The Morgan fingerprint density at radius 1 is 1.47 bits per heavy atom. The Bertz CT molecular complexity index is 312. The van der Waals surface area contributed by atoms with E-state index in [-0.39, 0.29) is 0 Å². The predicted molar refractivity (Wildman–Crippen MR) is 60.7 cm³/mol. The first-order valence-electron chi connectivity index (χ1n) is 5.44. The first kappa shape index (κ1) is 10.8. The molecule has 0 aliphatic carbocycles. The molecule has 0 saturated carbocycles. The van der Waals surface area contributed by atoms with Crippen LogP contribution in [0.4, 0.5) is 0 Å². The maximum absolute atomic E-state index is 5.69. The summed E-state index contributed by atoms with van der Waals surface area (Å²) in [7, 11) is 0. The summed E-state index contributed by atoms with van der Waals surface area (Å²) in [5.74, 6) is 0.805. The Morgan fingerprint density at radius 2 is 2.33 bits per heavy atom. The normalized spacial score (nSPS) is 22.9. The standard InChI is InChI=1S/C11H16ClN3/c1-9-3-2-6-15(7-9)8-10-4-5-11(12)14-13-10/h4-5,9H,2-3,6-8H2,1H3. The molecule has 1 saturated heterocycles. The van der Waals surface area contributed by atoms with E-state index in [2.05, 4.69) is 22.0 Å². The Hall–Kier alpha value is -0.670. The minimum atomic E-state index is 0.464. The quantitative estimate of drug-likeness (QED) is 0.774. The fourth-order valence-electron chi connectivity index (χ4n) is 2.09. The van der Waals surface area contributed by atoms with E-state index in [9.17, 15) is 0 Å². The maximum Gasteiger partial charge on any atom is 0.151 e. The van der Waals surface area contributed by atoms with Crippen molar-refractivity contribution in [2.75, 3.05) is 13.1 Å². The average molecular weight is 226 g/mol. The summed E-state index contributed by atoms with van der Waals surface area (Å²) in [4.78, 5) is 2.44. The summed E-state index contributed by atoms with van der Waals surface area (Å²) in [6.07, 6.45) is 2.64. The van der Waals surface area contributed by atoms with E-state index < -0.39 is 0 Å². The van der Waals surface area contributed by atoms with E-state index in [1.807, 2.05) is 6.07 Å². The van der Waals surface area contributed by atoms with Crippen LogP contribution in [0, 0.1) is 5.92 Å². The lowest BCUT2D eigenvalue weighted by molar-refractivity contribution is 0.174. The van der Waals surface area contributed by atoms with E-state index >= 15 is 0 Å². The molecule has 1 aliphatic heterocycles. The smallest absolute Gasteiger partial charge is 0.151 e. The number of nitrogens with zero attached hydrogens (tertiary/aromatic N) is 3. The summed E-state index contributed by atoms with van der Waals surface area (Å²) in [6, 6.07) is 3.76. The van der Waals surface area contributed by atoms with Crippen molar-refractivity contribution in [1.82, 2.24) is 15.1 Å². The molecular formula is C11H16ClN3. The van der Waals surface area contributed by atoms with Crippen molar-refractivity contribution in [3.63, 3.8) is 0 Å². The van der Waals surface area contributed by atoms with Gasteiger partial charge in [0.15, 0.2) is 5.15 Å². The second kappa shape index (κ2) is 4.90. The van der Waals surface area contributed by atoms with Crippen LogP contribution >= 0.6 is 11.6 Å².